The average molecular weight is 342 g/mol. The Morgan fingerprint density at radius 1 is 1.75 bits per heavy atom. The lowest BCUT2D eigenvalue weighted by Crippen LogP contribution is -2.01. The number of hydrogen-bond donors (Lipinski definition) is 0. The number of ether oxygens (including phenoxy) is 1. The summed E-state index contributed by atoms with van der Waals surface area (Å²) in [5, 5.41) is 0. The molecule has 3 nitrogen and oxygen atoms in total. The molecule has 0 bridgehead atoms. The number of nitrogens with zero attached hydrogens (tertiary/aromatic N) is 1. The molecular formula is C7H5BrINO2. The summed E-state index contributed by atoms with van der Waals surface area (Å²) in [4.78, 5) is 14.5. The van der Waals surface area contributed by atoms with E-state index in [2.05, 4.69) is 43.5 Å². The van der Waals surface area contributed by atoms with Gasteiger partial charge in [-0.15, -0.1) is 0 Å². The lowest BCUT2D eigenvalue weighted by Gasteiger charge is -2.01. The maximum Gasteiger partial charge on any atom is 0.308 e. The summed E-state index contributed by atoms with van der Waals surface area (Å²) in [6.45, 7) is 1.36. The van der Waals surface area contributed by atoms with Crippen LogP contribution < -0.4 is 4.74 Å². The molecule has 1 heterocycles. The van der Waals surface area contributed by atoms with E-state index in [9.17, 15) is 4.79 Å². The lowest BCUT2D eigenvalue weighted by atomic mass is 10.5. The summed E-state index contributed by atoms with van der Waals surface area (Å²) in [6.07, 6.45) is 1.49. The molecule has 1 rings (SSSR count). The minimum Gasteiger partial charge on any atom is -0.425 e. The fourth-order valence-corrected chi connectivity index (χ4v) is 1.29. The van der Waals surface area contributed by atoms with Crippen LogP contribution in [0.5, 0.6) is 5.75 Å². The molecule has 0 radical (unpaired) electrons. The van der Waals surface area contributed by atoms with Crippen LogP contribution in [0.2, 0.25) is 0 Å². The second-order valence-corrected chi connectivity index (χ2v) is 3.95. The highest BCUT2D eigenvalue weighted by molar-refractivity contribution is 14.1. The number of aromatic nitrogens is 1. The first-order chi connectivity index (χ1) is 5.59. The summed E-state index contributed by atoms with van der Waals surface area (Å²) in [5.41, 5.74) is 0. The van der Waals surface area contributed by atoms with Crippen molar-refractivity contribution in [3.8, 4) is 5.75 Å². The van der Waals surface area contributed by atoms with Crippen molar-refractivity contribution in [1.82, 2.24) is 4.98 Å². The zero-order chi connectivity index (χ0) is 9.14. The summed E-state index contributed by atoms with van der Waals surface area (Å²) < 4.78 is 6.48. The highest BCUT2D eigenvalue weighted by Crippen LogP contribution is 2.20. The molecule has 12 heavy (non-hydrogen) atoms. The van der Waals surface area contributed by atoms with Crippen molar-refractivity contribution in [1.29, 1.82) is 0 Å². The normalized spacial score (nSPS) is 9.58. The van der Waals surface area contributed by atoms with Crippen molar-refractivity contribution in [3.63, 3.8) is 0 Å². The molecule has 0 N–H and O–H groups in total. The molecule has 0 aromatic carbocycles. The van der Waals surface area contributed by atoms with Crippen LogP contribution in [-0.4, -0.2) is 11.0 Å². The van der Waals surface area contributed by atoms with Gasteiger partial charge in [0.1, 0.15) is 10.4 Å². The number of pyridine rings is 1. The van der Waals surface area contributed by atoms with Crippen molar-refractivity contribution in [2.75, 3.05) is 0 Å². The van der Waals surface area contributed by atoms with Gasteiger partial charge >= 0.3 is 5.97 Å². The van der Waals surface area contributed by atoms with Crippen molar-refractivity contribution in [3.05, 3.63) is 20.4 Å². The van der Waals surface area contributed by atoms with Gasteiger partial charge in [-0.2, -0.15) is 0 Å². The van der Waals surface area contributed by atoms with E-state index in [0.29, 0.717) is 5.75 Å². The second kappa shape index (κ2) is 4.18. The zero-order valence-corrected chi connectivity index (χ0v) is 9.92. The number of carbonyl (C=O) groups excluding carboxylic acids is 1. The summed E-state index contributed by atoms with van der Waals surface area (Å²) in [5.74, 6) is 0.130. The van der Waals surface area contributed by atoms with E-state index >= 15 is 0 Å². The monoisotopic (exact) mass is 341 g/mol. The molecule has 0 unspecified atom stereocenters. The quantitative estimate of drug-likeness (QED) is 0.447. The van der Waals surface area contributed by atoms with Gasteiger partial charge in [0, 0.05) is 10.5 Å². The lowest BCUT2D eigenvalue weighted by molar-refractivity contribution is -0.131. The summed E-state index contributed by atoms with van der Waals surface area (Å²) in [7, 11) is 0. The van der Waals surface area contributed by atoms with Crippen LogP contribution in [0.15, 0.2) is 16.9 Å². The van der Waals surface area contributed by atoms with Crippen LogP contribution in [0.25, 0.3) is 0 Å². The van der Waals surface area contributed by atoms with Gasteiger partial charge < -0.3 is 4.74 Å². The van der Waals surface area contributed by atoms with Crippen LogP contribution in [0, 0.1) is 3.57 Å². The van der Waals surface area contributed by atoms with E-state index in [-0.39, 0.29) is 5.97 Å². The third-order valence-corrected chi connectivity index (χ3v) is 3.23. The van der Waals surface area contributed by atoms with E-state index in [1.165, 1.54) is 13.1 Å². The number of esters is 1. The summed E-state index contributed by atoms with van der Waals surface area (Å²) >= 11 is 5.33. The van der Waals surface area contributed by atoms with Crippen molar-refractivity contribution < 1.29 is 9.53 Å². The Morgan fingerprint density at radius 3 is 2.92 bits per heavy atom. The van der Waals surface area contributed by atoms with Crippen LogP contribution in [-0.2, 0) is 4.79 Å². The van der Waals surface area contributed by atoms with Gasteiger partial charge in [-0.3, -0.25) is 4.79 Å². The average Bonchev–Trinajstić information content (AvgIpc) is 1.96. The fourth-order valence-electron chi connectivity index (χ4n) is 0.625. The Balaban J connectivity index is 2.89. The predicted octanol–water partition coefficient (Wildman–Crippen LogP) is 2.37. The van der Waals surface area contributed by atoms with E-state index in [0.717, 1.165) is 8.17 Å². The van der Waals surface area contributed by atoms with Crippen molar-refractivity contribution >= 4 is 44.5 Å². The van der Waals surface area contributed by atoms with Crippen LogP contribution in [0.3, 0.4) is 0 Å². The molecule has 0 aliphatic carbocycles. The smallest absolute Gasteiger partial charge is 0.308 e. The first-order valence-corrected chi connectivity index (χ1v) is 4.96. The Bertz CT molecular complexity index is 316. The second-order valence-electron chi connectivity index (χ2n) is 2.04. The largest absolute Gasteiger partial charge is 0.425 e. The van der Waals surface area contributed by atoms with Gasteiger partial charge in [0.05, 0.1) is 6.20 Å². The maximum atomic E-state index is 10.5. The highest BCUT2D eigenvalue weighted by Gasteiger charge is 2.02. The summed E-state index contributed by atoms with van der Waals surface area (Å²) in [6, 6.07) is 1.74. The fraction of sp³-hybridized carbons (Fsp3) is 0.143. The van der Waals surface area contributed by atoms with Gasteiger partial charge in [-0.05, 0) is 44.6 Å². The molecule has 0 saturated heterocycles. The standard InChI is InChI=1S/C7H5BrINO2/c1-4(11)12-5-2-6(9)7(8)10-3-5/h2-3H,1H3. The first-order valence-electron chi connectivity index (χ1n) is 3.09. The molecule has 64 valence electrons. The van der Waals surface area contributed by atoms with E-state index in [1.54, 1.807) is 6.07 Å². The van der Waals surface area contributed by atoms with Gasteiger partial charge in [-0.1, -0.05) is 0 Å². The van der Waals surface area contributed by atoms with Gasteiger partial charge in [0.25, 0.3) is 0 Å². The maximum absolute atomic E-state index is 10.5. The Labute approximate surface area is 91.8 Å². The van der Waals surface area contributed by atoms with E-state index in [4.69, 9.17) is 4.74 Å². The molecule has 1 aromatic heterocycles. The van der Waals surface area contributed by atoms with Gasteiger partial charge in [0.15, 0.2) is 0 Å². The molecule has 0 fully saturated rings. The highest BCUT2D eigenvalue weighted by atomic mass is 127. The number of hydrogen-bond acceptors (Lipinski definition) is 3. The minimum absolute atomic E-state index is 0.338. The minimum atomic E-state index is -0.338. The Morgan fingerprint density at radius 2 is 2.42 bits per heavy atom. The van der Waals surface area contributed by atoms with Gasteiger partial charge in [-0.25, -0.2) is 4.98 Å². The zero-order valence-electron chi connectivity index (χ0n) is 6.17. The number of halogens is 2. The molecule has 0 atom stereocenters. The van der Waals surface area contributed by atoms with E-state index < -0.39 is 0 Å². The van der Waals surface area contributed by atoms with Crippen LogP contribution in [0.1, 0.15) is 6.92 Å². The van der Waals surface area contributed by atoms with Crippen molar-refractivity contribution in [2.45, 2.75) is 6.92 Å². The molecule has 1 aromatic rings. The molecule has 0 spiro atoms. The van der Waals surface area contributed by atoms with Crippen molar-refractivity contribution in [2.24, 2.45) is 0 Å². The van der Waals surface area contributed by atoms with E-state index in [1.807, 2.05) is 0 Å². The SMILES string of the molecule is CC(=O)Oc1cnc(Br)c(I)c1. The molecule has 0 saturated carbocycles. The predicted molar refractivity (Wildman–Crippen MR) is 56.0 cm³/mol. The third kappa shape index (κ3) is 2.71. The Hall–Kier alpha value is -0.170. The molecule has 0 aliphatic heterocycles. The van der Waals surface area contributed by atoms with Gasteiger partial charge in [0.2, 0.25) is 0 Å². The van der Waals surface area contributed by atoms with Crippen LogP contribution >= 0.6 is 38.5 Å². The molecule has 0 amide bonds. The number of carbonyl (C=O) groups is 1. The Kier molecular flexibility index (Phi) is 3.45. The molecule has 0 aliphatic rings. The molecule has 5 heteroatoms. The molecular weight excluding hydrogens is 337 g/mol. The third-order valence-electron chi connectivity index (χ3n) is 1.03. The number of rotatable bonds is 1. The van der Waals surface area contributed by atoms with Crippen LogP contribution in [0.4, 0.5) is 0 Å². The topological polar surface area (TPSA) is 39.2 Å². The first kappa shape index (κ1) is 9.91.